The summed E-state index contributed by atoms with van der Waals surface area (Å²) >= 11 is 0. The van der Waals surface area contributed by atoms with E-state index in [2.05, 4.69) is 20.9 Å². The topological polar surface area (TPSA) is 117 Å². The number of hydrogen-bond acceptors (Lipinski definition) is 5. The molecule has 31 heavy (non-hydrogen) atoms. The maximum absolute atomic E-state index is 13.4. The molecule has 0 bridgehead atoms. The normalized spacial score (nSPS) is 17.1. The van der Waals surface area contributed by atoms with Crippen molar-refractivity contribution in [2.75, 3.05) is 13.1 Å². The zero-order valence-corrected chi connectivity index (χ0v) is 16.2. The third-order valence-electron chi connectivity index (χ3n) is 4.88. The van der Waals surface area contributed by atoms with Crippen LogP contribution in [0.3, 0.4) is 0 Å². The van der Waals surface area contributed by atoms with Gasteiger partial charge < -0.3 is 20.7 Å². The van der Waals surface area contributed by atoms with Crippen molar-refractivity contribution < 1.29 is 32.3 Å². The smallest absolute Gasteiger partial charge is 0.356 e. The number of aldehydes is 1. The highest BCUT2D eigenvalue weighted by Crippen LogP contribution is 2.34. The van der Waals surface area contributed by atoms with E-state index < -0.39 is 47.8 Å². The Morgan fingerprint density at radius 1 is 1.29 bits per heavy atom. The summed E-state index contributed by atoms with van der Waals surface area (Å²) in [5.74, 6) is -2.28. The molecule has 2 heterocycles. The maximum Gasteiger partial charge on any atom is 0.417 e. The molecule has 1 aliphatic heterocycles. The molecule has 1 aliphatic rings. The second-order valence-corrected chi connectivity index (χ2v) is 7.08. The van der Waals surface area contributed by atoms with Crippen molar-refractivity contribution in [2.24, 2.45) is 5.92 Å². The SMILES string of the molecule is O=CC(CC1CCNC1=O)NC(=O)CNC(=O)c1cc(C(F)(F)F)c2ccccc2n1. The van der Waals surface area contributed by atoms with E-state index in [4.69, 9.17) is 0 Å². The Morgan fingerprint density at radius 2 is 2.03 bits per heavy atom. The largest absolute Gasteiger partial charge is 0.417 e. The van der Waals surface area contributed by atoms with Crippen LogP contribution < -0.4 is 16.0 Å². The number of fused-ring (bicyclic) bond motifs is 1. The van der Waals surface area contributed by atoms with Gasteiger partial charge in [-0.25, -0.2) is 4.98 Å². The first kappa shape index (κ1) is 22.2. The third kappa shape index (κ3) is 5.36. The average molecular weight is 436 g/mol. The lowest BCUT2D eigenvalue weighted by atomic mass is 9.99. The van der Waals surface area contributed by atoms with Gasteiger partial charge in [-0.2, -0.15) is 13.2 Å². The molecule has 2 atom stereocenters. The quantitative estimate of drug-likeness (QED) is 0.564. The van der Waals surface area contributed by atoms with Gasteiger partial charge in [0.05, 0.1) is 23.7 Å². The van der Waals surface area contributed by atoms with Gasteiger partial charge in [0.15, 0.2) is 0 Å². The Morgan fingerprint density at radius 3 is 2.68 bits per heavy atom. The van der Waals surface area contributed by atoms with Gasteiger partial charge in [-0.15, -0.1) is 0 Å². The number of para-hydroxylation sites is 1. The average Bonchev–Trinajstić information content (AvgIpc) is 3.14. The van der Waals surface area contributed by atoms with Crippen LogP contribution in [-0.4, -0.2) is 48.1 Å². The zero-order valence-electron chi connectivity index (χ0n) is 16.2. The van der Waals surface area contributed by atoms with Gasteiger partial charge in [0, 0.05) is 17.8 Å². The molecular weight excluding hydrogens is 417 g/mol. The predicted molar refractivity (Wildman–Crippen MR) is 103 cm³/mol. The Labute approximate surface area is 174 Å². The second-order valence-electron chi connectivity index (χ2n) is 7.08. The Kier molecular flexibility index (Phi) is 6.52. The number of nitrogens with zero attached hydrogens (tertiary/aromatic N) is 1. The molecule has 2 aromatic rings. The number of rotatable bonds is 7. The van der Waals surface area contributed by atoms with Gasteiger partial charge in [0.25, 0.3) is 5.91 Å². The number of hydrogen-bond donors (Lipinski definition) is 3. The number of carbonyl (C=O) groups excluding carboxylic acids is 4. The van der Waals surface area contributed by atoms with Gasteiger partial charge >= 0.3 is 6.18 Å². The van der Waals surface area contributed by atoms with E-state index in [0.29, 0.717) is 25.3 Å². The maximum atomic E-state index is 13.4. The summed E-state index contributed by atoms with van der Waals surface area (Å²) in [6.45, 7) is -0.0757. The molecule has 0 aliphatic carbocycles. The summed E-state index contributed by atoms with van der Waals surface area (Å²) in [6, 6.07) is 5.24. The number of halogens is 3. The van der Waals surface area contributed by atoms with Crippen molar-refractivity contribution >= 4 is 34.9 Å². The number of aromatic nitrogens is 1. The van der Waals surface area contributed by atoms with Crippen LogP contribution >= 0.6 is 0 Å². The molecule has 1 aromatic carbocycles. The van der Waals surface area contributed by atoms with Gasteiger partial charge in [-0.05, 0) is 25.0 Å². The van der Waals surface area contributed by atoms with E-state index in [0.717, 1.165) is 0 Å². The third-order valence-corrected chi connectivity index (χ3v) is 4.88. The van der Waals surface area contributed by atoms with Crippen LogP contribution in [0.2, 0.25) is 0 Å². The van der Waals surface area contributed by atoms with Gasteiger partial charge in [-0.1, -0.05) is 18.2 Å². The monoisotopic (exact) mass is 436 g/mol. The van der Waals surface area contributed by atoms with Crippen LogP contribution in [0.4, 0.5) is 13.2 Å². The van der Waals surface area contributed by atoms with E-state index in [1.54, 1.807) is 0 Å². The van der Waals surface area contributed by atoms with Crippen LogP contribution in [0.15, 0.2) is 30.3 Å². The molecule has 0 radical (unpaired) electrons. The number of benzene rings is 1. The zero-order chi connectivity index (χ0) is 22.6. The molecule has 2 unspecified atom stereocenters. The summed E-state index contributed by atoms with van der Waals surface area (Å²) in [4.78, 5) is 51.1. The molecule has 11 heteroatoms. The Bertz CT molecular complexity index is 1030. The molecule has 164 valence electrons. The highest BCUT2D eigenvalue weighted by molar-refractivity contribution is 5.98. The lowest BCUT2D eigenvalue weighted by Gasteiger charge is -2.16. The minimum absolute atomic E-state index is 0.0113. The lowest BCUT2D eigenvalue weighted by molar-refractivity contribution is -0.136. The van der Waals surface area contributed by atoms with Crippen LogP contribution in [0.5, 0.6) is 0 Å². The van der Waals surface area contributed by atoms with Crippen molar-refractivity contribution in [3.63, 3.8) is 0 Å². The minimum atomic E-state index is -4.70. The van der Waals surface area contributed by atoms with Crippen LogP contribution in [0.1, 0.15) is 28.9 Å². The Hall–Kier alpha value is -3.50. The molecular formula is C20H19F3N4O4. The first-order valence-electron chi connectivity index (χ1n) is 9.46. The summed E-state index contributed by atoms with van der Waals surface area (Å²) < 4.78 is 40.1. The number of alkyl halides is 3. The van der Waals surface area contributed by atoms with Crippen LogP contribution in [0, 0.1) is 5.92 Å². The Balaban J connectivity index is 1.65. The molecule has 1 saturated heterocycles. The number of carbonyl (C=O) groups is 4. The number of nitrogens with one attached hydrogen (secondary N) is 3. The number of pyridine rings is 1. The molecule has 3 rings (SSSR count). The van der Waals surface area contributed by atoms with Crippen molar-refractivity contribution in [1.29, 1.82) is 0 Å². The van der Waals surface area contributed by atoms with Gasteiger partial charge in [0.2, 0.25) is 11.8 Å². The van der Waals surface area contributed by atoms with Crippen LogP contribution in [0.25, 0.3) is 10.9 Å². The molecule has 3 amide bonds. The lowest BCUT2D eigenvalue weighted by Crippen LogP contribution is -2.44. The summed E-state index contributed by atoms with van der Waals surface area (Å²) in [5.41, 5.74) is -1.51. The molecule has 1 fully saturated rings. The highest BCUT2D eigenvalue weighted by atomic mass is 19.4. The highest BCUT2D eigenvalue weighted by Gasteiger charge is 2.34. The molecule has 0 saturated carbocycles. The molecule has 0 spiro atoms. The van der Waals surface area contributed by atoms with Gasteiger partial charge in [0.1, 0.15) is 12.0 Å². The van der Waals surface area contributed by atoms with E-state index in [1.807, 2.05) is 0 Å². The second kappa shape index (κ2) is 9.11. The molecule has 3 N–H and O–H groups in total. The fraction of sp³-hybridized carbons (Fsp3) is 0.350. The fourth-order valence-corrected chi connectivity index (χ4v) is 3.36. The van der Waals surface area contributed by atoms with Crippen molar-refractivity contribution in [1.82, 2.24) is 20.9 Å². The fourth-order valence-electron chi connectivity index (χ4n) is 3.36. The molecule has 8 nitrogen and oxygen atoms in total. The predicted octanol–water partition coefficient (Wildman–Crippen LogP) is 1.19. The van der Waals surface area contributed by atoms with E-state index in [9.17, 15) is 32.3 Å². The first-order chi connectivity index (χ1) is 14.7. The summed E-state index contributed by atoms with van der Waals surface area (Å²) in [7, 11) is 0. The standard InChI is InChI=1S/C20H19F3N4O4/c21-20(22,23)14-8-16(27-15-4-2-1-3-13(14)15)19(31)25-9-17(29)26-12(10-28)7-11-5-6-24-18(11)30/h1-4,8,10-12H,5-7,9H2,(H,24,30)(H,25,31)(H,26,29). The van der Waals surface area contributed by atoms with Gasteiger partial charge in [-0.3, -0.25) is 14.4 Å². The van der Waals surface area contributed by atoms with Crippen molar-refractivity contribution in [3.8, 4) is 0 Å². The van der Waals surface area contributed by atoms with Crippen LogP contribution in [-0.2, 0) is 20.6 Å². The summed E-state index contributed by atoms with van der Waals surface area (Å²) in [5, 5.41) is 7.06. The number of amides is 3. The molecule has 1 aromatic heterocycles. The van der Waals surface area contributed by atoms with E-state index in [1.165, 1.54) is 24.3 Å². The van der Waals surface area contributed by atoms with Crippen molar-refractivity contribution in [3.05, 3.63) is 41.6 Å². The van der Waals surface area contributed by atoms with E-state index >= 15 is 0 Å². The van der Waals surface area contributed by atoms with Crippen molar-refractivity contribution in [2.45, 2.75) is 25.1 Å². The summed E-state index contributed by atoms with van der Waals surface area (Å²) in [6.07, 6.45) is -3.54. The van der Waals surface area contributed by atoms with E-state index in [-0.39, 0.29) is 23.2 Å². The minimum Gasteiger partial charge on any atom is -0.356 e. The first-order valence-corrected chi connectivity index (χ1v) is 9.46.